The van der Waals surface area contributed by atoms with Crippen molar-refractivity contribution in [1.82, 2.24) is 5.32 Å². The van der Waals surface area contributed by atoms with Crippen LogP contribution >= 0.6 is 0 Å². The molecule has 0 spiro atoms. The minimum absolute atomic E-state index is 0.383. The van der Waals surface area contributed by atoms with Gasteiger partial charge in [-0.15, -0.1) is 0 Å². The predicted octanol–water partition coefficient (Wildman–Crippen LogP) is 2.83. The van der Waals surface area contributed by atoms with Crippen molar-refractivity contribution in [2.45, 2.75) is 31.3 Å². The zero-order valence-electron chi connectivity index (χ0n) is 10.7. The van der Waals surface area contributed by atoms with Crippen LogP contribution in [0.25, 0.3) is 0 Å². The van der Waals surface area contributed by atoms with Crippen LogP contribution in [-0.2, 0) is 0 Å². The molecule has 2 aliphatic rings. The fourth-order valence-corrected chi connectivity index (χ4v) is 2.71. The van der Waals surface area contributed by atoms with Crippen LogP contribution in [0, 0.1) is 0 Å². The average Bonchev–Trinajstić information content (AvgIpc) is 2.91. The number of hydrogen-bond acceptors (Lipinski definition) is 3. The Balaban J connectivity index is 1.80. The van der Waals surface area contributed by atoms with Gasteiger partial charge in [0, 0.05) is 24.1 Å². The highest BCUT2D eigenvalue weighted by atomic mass is 16.5. The number of benzene rings is 1. The normalized spacial score (nSPS) is 22.6. The number of ether oxygens (including phenoxy) is 2. The van der Waals surface area contributed by atoms with E-state index in [0.29, 0.717) is 12.1 Å². The first-order valence-electron chi connectivity index (χ1n) is 6.58. The second-order valence-corrected chi connectivity index (χ2v) is 4.90. The van der Waals surface area contributed by atoms with Gasteiger partial charge in [-0.05, 0) is 31.0 Å². The summed E-state index contributed by atoms with van der Waals surface area (Å²) >= 11 is 0. The lowest BCUT2D eigenvalue weighted by molar-refractivity contribution is 0.244. The van der Waals surface area contributed by atoms with Gasteiger partial charge < -0.3 is 14.8 Å². The Kier molecular flexibility index (Phi) is 3.24. The summed E-state index contributed by atoms with van der Waals surface area (Å²) in [5.41, 5.74) is 1.23. The van der Waals surface area contributed by atoms with Crippen LogP contribution in [0.5, 0.6) is 11.5 Å². The molecule has 1 aliphatic carbocycles. The molecule has 1 aromatic carbocycles. The van der Waals surface area contributed by atoms with E-state index in [1.165, 1.54) is 5.56 Å². The van der Waals surface area contributed by atoms with Crippen LogP contribution in [0.4, 0.5) is 0 Å². The molecule has 96 valence electrons. The van der Waals surface area contributed by atoms with Gasteiger partial charge in [0.2, 0.25) is 0 Å². The van der Waals surface area contributed by atoms with E-state index >= 15 is 0 Å². The largest absolute Gasteiger partial charge is 0.497 e. The molecule has 3 rings (SSSR count). The van der Waals surface area contributed by atoms with E-state index in [4.69, 9.17) is 9.47 Å². The molecule has 1 aromatic rings. The van der Waals surface area contributed by atoms with Gasteiger partial charge in [0.05, 0.1) is 13.7 Å². The SMILES string of the molecule is COc1ccc2c(c1)C(NC1CC=CC1)CCO2. The molecule has 0 bridgehead atoms. The van der Waals surface area contributed by atoms with E-state index in [2.05, 4.69) is 23.5 Å². The number of methoxy groups -OCH3 is 1. The Morgan fingerprint density at radius 3 is 2.89 bits per heavy atom. The van der Waals surface area contributed by atoms with Gasteiger partial charge in [-0.3, -0.25) is 0 Å². The van der Waals surface area contributed by atoms with Crippen molar-refractivity contribution in [3.8, 4) is 11.5 Å². The third kappa shape index (κ3) is 2.23. The third-order valence-corrected chi connectivity index (χ3v) is 3.70. The lowest BCUT2D eigenvalue weighted by atomic mass is 9.99. The summed E-state index contributed by atoms with van der Waals surface area (Å²) in [4.78, 5) is 0. The van der Waals surface area contributed by atoms with Gasteiger partial charge in [-0.1, -0.05) is 12.2 Å². The molecule has 0 aromatic heterocycles. The molecule has 1 N–H and O–H groups in total. The van der Waals surface area contributed by atoms with Crippen molar-refractivity contribution in [2.75, 3.05) is 13.7 Å². The Hall–Kier alpha value is -1.48. The number of fused-ring (bicyclic) bond motifs is 1. The van der Waals surface area contributed by atoms with Crippen LogP contribution in [0.3, 0.4) is 0 Å². The standard InChI is InChI=1S/C15H19NO2/c1-17-12-6-7-15-13(10-12)14(8-9-18-15)16-11-4-2-3-5-11/h2-3,6-7,10-11,14,16H,4-5,8-9H2,1H3. The van der Waals surface area contributed by atoms with Crippen molar-refractivity contribution < 1.29 is 9.47 Å². The Labute approximate surface area is 108 Å². The summed E-state index contributed by atoms with van der Waals surface area (Å²) in [6, 6.07) is 7.02. The topological polar surface area (TPSA) is 30.5 Å². The molecule has 3 heteroatoms. The minimum Gasteiger partial charge on any atom is -0.497 e. The molecule has 0 amide bonds. The number of nitrogens with one attached hydrogen (secondary N) is 1. The molecule has 1 aliphatic heterocycles. The van der Waals surface area contributed by atoms with Crippen molar-refractivity contribution in [3.05, 3.63) is 35.9 Å². The maximum atomic E-state index is 5.71. The summed E-state index contributed by atoms with van der Waals surface area (Å²) in [5.74, 6) is 1.89. The highest BCUT2D eigenvalue weighted by molar-refractivity contribution is 5.43. The maximum absolute atomic E-state index is 5.71. The quantitative estimate of drug-likeness (QED) is 0.831. The maximum Gasteiger partial charge on any atom is 0.124 e. The summed E-state index contributed by atoms with van der Waals surface area (Å²) in [6.07, 6.45) is 7.80. The van der Waals surface area contributed by atoms with E-state index in [1.54, 1.807) is 7.11 Å². The average molecular weight is 245 g/mol. The molecule has 0 radical (unpaired) electrons. The van der Waals surface area contributed by atoms with E-state index in [0.717, 1.165) is 37.4 Å². The first-order chi connectivity index (χ1) is 8.86. The summed E-state index contributed by atoms with van der Waals surface area (Å²) in [6.45, 7) is 0.789. The summed E-state index contributed by atoms with van der Waals surface area (Å²) in [7, 11) is 1.70. The van der Waals surface area contributed by atoms with Gasteiger partial charge in [-0.25, -0.2) is 0 Å². The lowest BCUT2D eigenvalue weighted by Gasteiger charge is -2.29. The molecule has 3 nitrogen and oxygen atoms in total. The molecule has 1 heterocycles. The highest BCUT2D eigenvalue weighted by Crippen LogP contribution is 2.35. The van der Waals surface area contributed by atoms with Crippen LogP contribution in [0.2, 0.25) is 0 Å². The fraction of sp³-hybridized carbons (Fsp3) is 0.467. The summed E-state index contributed by atoms with van der Waals surface area (Å²) < 4.78 is 11.0. The first-order valence-corrected chi connectivity index (χ1v) is 6.58. The number of rotatable bonds is 3. The van der Waals surface area contributed by atoms with E-state index < -0.39 is 0 Å². The molecular weight excluding hydrogens is 226 g/mol. The highest BCUT2D eigenvalue weighted by Gasteiger charge is 2.24. The minimum atomic E-state index is 0.383. The van der Waals surface area contributed by atoms with Gasteiger partial charge in [0.1, 0.15) is 11.5 Å². The van der Waals surface area contributed by atoms with Crippen LogP contribution in [0.1, 0.15) is 30.9 Å². The second-order valence-electron chi connectivity index (χ2n) is 4.90. The summed E-state index contributed by atoms with van der Waals surface area (Å²) in [5, 5.41) is 3.73. The fourth-order valence-electron chi connectivity index (χ4n) is 2.71. The molecule has 18 heavy (non-hydrogen) atoms. The predicted molar refractivity (Wildman–Crippen MR) is 71.1 cm³/mol. The Morgan fingerprint density at radius 2 is 2.11 bits per heavy atom. The van der Waals surface area contributed by atoms with Crippen LogP contribution < -0.4 is 14.8 Å². The molecule has 0 saturated carbocycles. The van der Waals surface area contributed by atoms with E-state index in [-0.39, 0.29) is 0 Å². The molecule has 0 saturated heterocycles. The first kappa shape index (κ1) is 11.6. The Morgan fingerprint density at radius 1 is 1.28 bits per heavy atom. The van der Waals surface area contributed by atoms with Gasteiger partial charge >= 0.3 is 0 Å². The van der Waals surface area contributed by atoms with Crippen molar-refractivity contribution in [2.24, 2.45) is 0 Å². The smallest absolute Gasteiger partial charge is 0.124 e. The monoisotopic (exact) mass is 245 g/mol. The molecule has 1 unspecified atom stereocenters. The molecular formula is C15H19NO2. The third-order valence-electron chi connectivity index (χ3n) is 3.70. The van der Waals surface area contributed by atoms with Crippen molar-refractivity contribution >= 4 is 0 Å². The van der Waals surface area contributed by atoms with E-state index in [1.807, 2.05) is 12.1 Å². The zero-order chi connectivity index (χ0) is 12.4. The van der Waals surface area contributed by atoms with Crippen LogP contribution in [-0.4, -0.2) is 19.8 Å². The molecule has 1 atom stereocenters. The van der Waals surface area contributed by atoms with Gasteiger partial charge in [0.15, 0.2) is 0 Å². The van der Waals surface area contributed by atoms with Gasteiger partial charge in [0.25, 0.3) is 0 Å². The lowest BCUT2D eigenvalue weighted by Crippen LogP contribution is -2.34. The van der Waals surface area contributed by atoms with Crippen molar-refractivity contribution in [1.29, 1.82) is 0 Å². The van der Waals surface area contributed by atoms with E-state index in [9.17, 15) is 0 Å². The number of hydrogen-bond donors (Lipinski definition) is 1. The molecule has 0 fully saturated rings. The zero-order valence-corrected chi connectivity index (χ0v) is 10.7. The Bertz CT molecular complexity index is 448. The van der Waals surface area contributed by atoms with Crippen LogP contribution in [0.15, 0.2) is 30.4 Å². The van der Waals surface area contributed by atoms with Crippen molar-refractivity contribution in [3.63, 3.8) is 0 Å². The second kappa shape index (κ2) is 5.02. The van der Waals surface area contributed by atoms with Gasteiger partial charge in [-0.2, -0.15) is 0 Å².